The average Bonchev–Trinajstić information content (AvgIpc) is 2.40. The third kappa shape index (κ3) is 2.65. The monoisotopic (exact) mass is 268 g/mol. The summed E-state index contributed by atoms with van der Waals surface area (Å²) in [5, 5.41) is 11.4. The number of aliphatic hydroxyl groups is 1. The van der Waals surface area contributed by atoms with Gasteiger partial charge in [-0.25, -0.2) is 0 Å². The van der Waals surface area contributed by atoms with E-state index in [9.17, 15) is 5.11 Å². The van der Waals surface area contributed by atoms with Crippen LogP contribution < -0.4 is 4.74 Å². The maximum Gasteiger partial charge on any atom is 0.137 e. The second kappa shape index (κ2) is 5.50. The summed E-state index contributed by atoms with van der Waals surface area (Å²) < 4.78 is 5.23. The Kier molecular flexibility index (Phi) is 4.18. The molecule has 1 N–H and O–H groups in total. The summed E-state index contributed by atoms with van der Waals surface area (Å²) in [5.41, 5.74) is 0.105. The van der Waals surface area contributed by atoms with Crippen LogP contribution in [0.15, 0.2) is 18.2 Å². The molecule has 0 saturated heterocycles. The SMILES string of the molecule is COc1cc(C(C)(O)C2CCCCC2)ccc1Cl. The van der Waals surface area contributed by atoms with Crippen molar-refractivity contribution in [3.05, 3.63) is 28.8 Å². The number of methoxy groups -OCH3 is 1. The molecular weight excluding hydrogens is 248 g/mol. The van der Waals surface area contributed by atoms with E-state index in [1.54, 1.807) is 13.2 Å². The molecule has 0 bridgehead atoms. The minimum Gasteiger partial charge on any atom is -0.495 e. The lowest BCUT2D eigenvalue weighted by atomic mass is 9.74. The molecule has 1 unspecified atom stereocenters. The maximum absolute atomic E-state index is 10.8. The molecule has 0 aromatic heterocycles. The van der Waals surface area contributed by atoms with Gasteiger partial charge in [-0.1, -0.05) is 36.9 Å². The van der Waals surface area contributed by atoms with Gasteiger partial charge in [0.05, 0.1) is 17.7 Å². The van der Waals surface area contributed by atoms with Crippen molar-refractivity contribution in [3.63, 3.8) is 0 Å². The molecule has 0 aliphatic heterocycles. The van der Waals surface area contributed by atoms with Crippen LogP contribution in [0.4, 0.5) is 0 Å². The van der Waals surface area contributed by atoms with Gasteiger partial charge in [0.25, 0.3) is 0 Å². The van der Waals surface area contributed by atoms with Crippen molar-refractivity contribution in [2.24, 2.45) is 5.92 Å². The standard InChI is InChI=1S/C15H21ClO2/c1-15(17,11-6-4-3-5-7-11)12-8-9-13(16)14(10-12)18-2/h8-11,17H,3-7H2,1-2H3. The molecule has 0 radical (unpaired) electrons. The van der Waals surface area contributed by atoms with Crippen LogP contribution in [0.2, 0.25) is 5.02 Å². The Bertz CT molecular complexity index is 409. The molecule has 100 valence electrons. The van der Waals surface area contributed by atoms with Crippen molar-refractivity contribution in [2.75, 3.05) is 7.11 Å². The minimum atomic E-state index is -0.793. The van der Waals surface area contributed by atoms with Crippen molar-refractivity contribution in [1.82, 2.24) is 0 Å². The lowest BCUT2D eigenvalue weighted by molar-refractivity contribution is -0.0216. The van der Waals surface area contributed by atoms with E-state index in [0.717, 1.165) is 18.4 Å². The number of hydrogen-bond acceptors (Lipinski definition) is 2. The fourth-order valence-corrected chi connectivity index (χ4v) is 3.07. The first-order valence-corrected chi connectivity index (χ1v) is 7.00. The summed E-state index contributed by atoms with van der Waals surface area (Å²) in [6, 6.07) is 5.56. The van der Waals surface area contributed by atoms with E-state index in [1.165, 1.54) is 19.3 Å². The third-order valence-electron chi connectivity index (χ3n) is 4.14. The van der Waals surface area contributed by atoms with Crippen LogP contribution >= 0.6 is 11.6 Å². The van der Waals surface area contributed by atoms with Gasteiger partial charge < -0.3 is 9.84 Å². The molecule has 2 nitrogen and oxygen atoms in total. The zero-order chi connectivity index (χ0) is 13.2. The number of hydrogen-bond donors (Lipinski definition) is 1. The van der Waals surface area contributed by atoms with Crippen LogP contribution in [-0.4, -0.2) is 12.2 Å². The first-order valence-electron chi connectivity index (χ1n) is 6.62. The van der Waals surface area contributed by atoms with E-state index in [4.69, 9.17) is 16.3 Å². The van der Waals surface area contributed by atoms with Crippen LogP contribution in [0, 0.1) is 5.92 Å². The molecule has 1 aliphatic rings. The second-order valence-electron chi connectivity index (χ2n) is 5.33. The summed E-state index contributed by atoms with van der Waals surface area (Å²) in [6.07, 6.45) is 5.91. The van der Waals surface area contributed by atoms with Crippen molar-refractivity contribution in [2.45, 2.75) is 44.6 Å². The Morgan fingerprint density at radius 3 is 2.56 bits per heavy atom. The van der Waals surface area contributed by atoms with E-state index >= 15 is 0 Å². The lowest BCUT2D eigenvalue weighted by Gasteiger charge is -2.36. The fourth-order valence-electron chi connectivity index (χ4n) is 2.88. The number of rotatable bonds is 3. The third-order valence-corrected chi connectivity index (χ3v) is 4.45. The normalized spacial score (nSPS) is 20.4. The van der Waals surface area contributed by atoms with Gasteiger partial charge in [-0.05, 0) is 43.4 Å². The highest BCUT2D eigenvalue weighted by molar-refractivity contribution is 6.32. The quantitative estimate of drug-likeness (QED) is 0.893. The Labute approximate surface area is 114 Å². The summed E-state index contributed by atoms with van der Waals surface area (Å²) in [6.45, 7) is 1.91. The van der Waals surface area contributed by atoms with Crippen LogP contribution in [-0.2, 0) is 5.60 Å². The maximum atomic E-state index is 10.8. The summed E-state index contributed by atoms with van der Waals surface area (Å²) >= 11 is 6.03. The molecule has 2 rings (SSSR count). The zero-order valence-corrected chi connectivity index (χ0v) is 11.8. The predicted octanol–water partition coefficient (Wildman–Crippen LogP) is 4.14. The van der Waals surface area contributed by atoms with Gasteiger partial charge in [0.15, 0.2) is 0 Å². The first-order chi connectivity index (χ1) is 8.55. The fraction of sp³-hybridized carbons (Fsp3) is 0.600. The molecule has 1 aromatic carbocycles. The van der Waals surface area contributed by atoms with E-state index in [1.807, 2.05) is 19.1 Å². The van der Waals surface area contributed by atoms with Gasteiger partial charge in [-0.15, -0.1) is 0 Å². The molecule has 3 heteroatoms. The summed E-state index contributed by atoms with van der Waals surface area (Å²) in [5.74, 6) is 0.961. The second-order valence-corrected chi connectivity index (χ2v) is 5.74. The predicted molar refractivity (Wildman–Crippen MR) is 74.1 cm³/mol. The lowest BCUT2D eigenvalue weighted by Crippen LogP contribution is -2.33. The number of benzene rings is 1. The first kappa shape index (κ1) is 13.7. The summed E-state index contributed by atoms with van der Waals surface area (Å²) in [7, 11) is 1.60. The molecule has 1 aromatic rings. The van der Waals surface area contributed by atoms with Gasteiger partial charge in [-0.3, -0.25) is 0 Å². The summed E-state index contributed by atoms with van der Waals surface area (Å²) in [4.78, 5) is 0. The zero-order valence-electron chi connectivity index (χ0n) is 11.1. The van der Waals surface area contributed by atoms with Crippen molar-refractivity contribution in [1.29, 1.82) is 0 Å². The Hall–Kier alpha value is -0.730. The van der Waals surface area contributed by atoms with E-state index in [-0.39, 0.29) is 0 Å². The molecule has 1 fully saturated rings. The highest BCUT2D eigenvalue weighted by Crippen LogP contribution is 2.40. The molecule has 0 spiro atoms. The van der Waals surface area contributed by atoms with Gasteiger partial charge in [0.1, 0.15) is 5.75 Å². The molecule has 18 heavy (non-hydrogen) atoms. The van der Waals surface area contributed by atoms with E-state index < -0.39 is 5.60 Å². The van der Waals surface area contributed by atoms with E-state index in [0.29, 0.717) is 16.7 Å². The average molecular weight is 269 g/mol. The molecule has 1 atom stereocenters. The van der Waals surface area contributed by atoms with E-state index in [2.05, 4.69) is 0 Å². The van der Waals surface area contributed by atoms with Gasteiger partial charge in [0.2, 0.25) is 0 Å². The van der Waals surface area contributed by atoms with Crippen molar-refractivity contribution < 1.29 is 9.84 Å². The van der Waals surface area contributed by atoms with Crippen LogP contribution in [0.5, 0.6) is 5.75 Å². The highest BCUT2D eigenvalue weighted by Gasteiger charge is 2.34. The topological polar surface area (TPSA) is 29.5 Å². The Balaban J connectivity index is 2.27. The van der Waals surface area contributed by atoms with Gasteiger partial charge in [-0.2, -0.15) is 0 Å². The van der Waals surface area contributed by atoms with Gasteiger partial charge in [0, 0.05) is 0 Å². The smallest absolute Gasteiger partial charge is 0.137 e. The molecule has 1 aliphatic carbocycles. The number of ether oxygens (including phenoxy) is 1. The van der Waals surface area contributed by atoms with Gasteiger partial charge >= 0.3 is 0 Å². The van der Waals surface area contributed by atoms with Crippen LogP contribution in [0.1, 0.15) is 44.6 Å². The minimum absolute atomic E-state index is 0.331. The molecule has 0 amide bonds. The molecular formula is C15H21ClO2. The van der Waals surface area contributed by atoms with Crippen LogP contribution in [0.25, 0.3) is 0 Å². The van der Waals surface area contributed by atoms with Crippen molar-refractivity contribution in [3.8, 4) is 5.75 Å². The molecule has 0 heterocycles. The highest BCUT2D eigenvalue weighted by atomic mass is 35.5. The number of halogens is 1. The Morgan fingerprint density at radius 2 is 1.94 bits per heavy atom. The Morgan fingerprint density at radius 1 is 1.28 bits per heavy atom. The van der Waals surface area contributed by atoms with Crippen LogP contribution in [0.3, 0.4) is 0 Å². The van der Waals surface area contributed by atoms with Crippen molar-refractivity contribution >= 4 is 11.6 Å². The largest absolute Gasteiger partial charge is 0.495 e. The molecule has 1 saturated carbocycles.